The second kappa shape index (κ2) is 6.49. The van der Waals surface area contributed by atoms with Crippen LogP contribution in [0.5, 0.6) is 0 Å². The van der Waals surface area contributed by atoms with Gasteiger partial charge in [-0.15, -0.1) is 5.10 Å². The Morgan fingerprint density at radius 2 is 2.16 bits per heavy atom. The van der Waals surface area contributed by atoms with Crippen LogP contribution in [-0.2, 0) is 6.54 Å². The standard InChI is InChI=1S/C13H21N5O/c1-16(2)9-5-7-14-8-11-18-13(19)17-10-4-3-6-12(17)15-18/h3-4,6,10,14H,5,7-9,11H2,1-2H3. The Bertz CT molecular complexity index is 572. The van der Waals surface area contributed by atoms with Gasteiger partial charge in [0.25, 0.3) is 0 Å². The Kier molecular flexibility index (Phi) is 4.70. The van der Waals surface area contributed by atoms with Crippen molar-refractivity contribution in [3.05, 3.63) is 34.9 Å². The molecule has 0 aromatic carbocycles. The zero-order chi connectivity index (χ0) is 13.7. The van der Waals surface area contributed by atoms with Crippen LogP contribution in [0.2, 0.25) is 0 Å². The first-order valence-corrected chi connectivity index (χ1v) is 6.58. The van der Waals surface area contributed by atoms with Gasteiger partial charge in [-0.2, -0.15) is 0 Å². The van der Waals surface area contributed by atoms with Crippen LogP contribution in [0.1, 0.15) is 6.42 Å². The van der Waals surface area contributed by atoms with Crippen LogP contribution in [0.25, 0.3) is 5.65 Å². The summed E-state index contributed by atoms with van der Waals surface area (Å²) in [5.74, 6) is 0. The van der Waals surface area contributed by atoms with E-state index in [-0.39, 0.29) is 5.69 Å². The van der Waals surface area contributed by atoms with Crippen molar-refractivity contribution in [2.24, 2.45) is 0 Å². The number of rotatable bonds is 7. The molecule has 19 heavy (non-hydrogen) atoms. The lowest BCUT2D eigenvalue weighted by atomic mass is 10.4. The van der Waals surface area contributed by atoms with Crippen molar-refractivity contribution in [3.8, 4) is 0 Å². The van der Waals surface area contributed by atoms with Gasteiger partial charge in [-0.25, -0.2) is 9.48 Å². The van der Waals surface area contributed by atoms with Gasteiger partial charge < -0.3 is 10.2 Å². The molecular formula is C13H21N5O. The Hall–Kier alpha value is -1.66. The van der Waals surface area contributed by atoms with E-state index in [9.17, 15) is 4.79 Å². The minimum absolute atomic E-state index is 0.0781. The van der Waals surface area contributed by atoms with E-state index in [4.69, 9.17) is 0 Å². The first kappa shape index (κ1) is 13.8. The lowest BCUT2D eigenvalue weighted by molar-refractivity contribution is 0.392. The Balaban J connectivity index is 1.82. The van der Waals surface area contributed by atoms with Crippen molar-refractivity contribution in [1.29, 1.82) is 0 Å². The number of nitrogens with zero attached hydrogens (tertiary/aromatic N) is 4. The molecule has 0 bridgehead atoms. The van der Waals surface area contributed by atoms with Gasteiger partial charge >= 0.3 is 5.69 Å². The topological polar surface area (TPSA) is 54.6 Å². The van der Waals surface area contributed by atoms with Gasteiger partial charge in [0.05, 0.1) is 6.54 Å². The maximum absolute atomic E-state index is 12.0. The average Bonchev–Trinajstić information content (AvgIpc) is 2.71. The van der Waals surface area contributed by atoms with E-state index >= 15 is 0 Å². The number of aromatic nitrogens is 3. The van der Waals surface area contributed by atoms with Crippen molar-refractivity contribution in [1.82, 2.24) is 24.4 Å². The zero-order valence-corrected chi connectivity index (χ0v) is 11.5. The number of hydrogen-bond donors (Lipinski definition) is 1. The first-order chi connectivity index (χ1) is 9.18. The van der Waals surface area contributed by atoms with Crippen LogP contribution in [-0.4, -0.2) is 52.8 Å². The van der Waals surface area contributed by atoms with Crippen molar-refractivity contribution in [2.45, 2.75) is 13.0 Å². The lowest BCUT2D eigenvalue weighted by Crippen LogP contribution is -2.29. The Morgan fingerprint density at radius 1 is 1.32 bits per heavy atom. The minimum Gasteiger partial charge on any atom is -0.315 e. The molecule has 2 aromatic rings. The molecule has 2 aromatic heterocycles. The van der Waals surface area contributed by atoms with Gasteiger partial charge in [0.15, 0.2) is 5.65 Å². The number of hydrogen-bond acceptors (Lipinski definition) is 4. The summed E-state index contributed by atoms with van der Waals surface area (Å²) in [5, 5.41) is 7.60. The van der Waals surface area contributed by atoms with Gasteiger partial charge in [0, 0.05) is 12.7 Å². The molecule has 0 saturated heterocycles. The summed E-state index contributed by atoms with van der Waals surface area (Å²) >= 11 is 0. The highest BCUT2D eigenvalue weighted by atomic mass is 16.2. The van der Waals surface area contributed by atoms with Crippen molar-refractivity contribution < 1.29 is 0 Å². The molecule has 2 heterocycles. The zero-order valence-electron chi connectivity index (χ0n) is 11.5. The molecule has 0 amide bonds. The van der Waals surface area contributed by atoms with Crippen LogP contribution in [0, 0.1) is 0 Å². The quantitative estimate of drug-likeness (QED) is 0.717. The molecule has 2 rings (SSSR count). The van der Waals surface area contributed by atoms with Crippen molar-refractivity contribution >= 4 is 5.65 Å². The predicted octanol–water partition coefficient (Wildman–Crippen LogP) is 0.0373. The summed E-state index contributed by atoms with van der Waals surface area (Å²) in [6.45, 7) is 3.39. The third kappa shape index (κ3) is 3.65. The van der Waals surface area contributed by atoms with Gasteiger partial charge in [0.2, 0.25) is 0 Å². The normalized spacial score (nSPS) is 11.5. The second-order valence-electron chi connectivity index (χ2n) is 4.84. The van der Waals surface area contributed by atoms with E-state index in [1.165, 1.54) is 4.68 Å². The minimum atomic E-state index is -0.0781. The molecule has 0 aliphatic heterocycles. The summed E-state index contributed by atoms with van der Waals surface area (Å²) in [5.41, 5.74) is 0.616. The van der Waals surface area contributed by atoms with Crippen LogP contribution < -0.4 is 11.0 Å². The smallest absolute Gasteiger partial charge is 0.315 e. The third-order valence-corrected chi connectivity index (χ3v) is 2.95. The maximum Gasteiger partial charge on any atom is 0.350 e. The van der Waals surface area contributed by atoms with Crippen LogP contribution in [0.3, 0.4) is 0 Å². The van der Waals surface area contributed by atoms with Crippen molar-refractivity contribution in [3.63, 3.8) is 0 Å². The molecule has 6 nitrogen and oxygen atoms in total. The third-order valence-electron chi connectivity index (χ3n) is 2.95. The molecule has 0 saturated carbocycles. The molecule has 104 valence electrons. The van der Waals surface area contributed by atoms with E-state index in [2.05, 4.69) is 29.4 Å². The van der Waals surface area contributed by atoms with E-state index < -0.39 is 0 Å². The molecule has 0 unspecified atom stereocenters. The van der Waals surface area contributed by atoms with Crippen molar-refractivity contribution in [2.75, 3.05) is 33.7 Å². The van der Waals surface area contributed by atoms with Gasteiger partial charge in [-0.1, -0.05) is 6.07 Å². The fourth-order valence-electron chi connectivity index (χ4n) is 1.94. The number of nitrogens with one attached hydrogen (secondary N) is 1. The highest BCUT2D eigenvalue weighted by Gasteiger charge is 2.04. The maximum atomic E-state index is 12.0. The summed E-state index contributed by atoms with van der Waals surface area (Å²) in [4.78, 5) is 14.1. The summed E-state index contributed by atoms with van der Waals surface area (Å²) in [7, 11) is 4.13. The van der Waals surface area contributed by atoms with E-state index in [0.29, 0.717) is 12.2 Å². The van der Waals surface area contributed by atoms with Gasteiger partial charge in [0.1, 0.15) is 0 Å². The Morgan fingerprint density at radius 3 is 2.89 bits per heavy atom. The second-order valence-corrected chi connectivity index (χ2v) is 4.84. The van der Waals surface area contributed by atoms with Crippen LogP contribution in [0.15, 0.2) is 29.2 Å². The molecule has 6 heteroatoms. The summed E-state index contributed by atoms with van der Waals surface area (Å²) in [6, 6.07) is 5.55. The highest BCUT2D eigenvalue weighted by molar-refractivity contribution is 5.35. The average molecular weight is 263 g/mol. The molecule has 0 atom stereocenters. The summed E-state index contributed by atoms with van der Waals surface area (Å²) < 4.78 is 3.07. The monoisotopic (exact) mass is 263 g/mol. The van der Waals surface area contributed by atoms with E-state index in [1.807, 2.05) is 18.2 Å². The predicted molar refractivity (Wildman–Crippen MR) is 75.5 cm³/mol. The van der Waals surface area contributed by atoms with Gasteiger partial charge in [-0.3, -0.25) is 4.40 Å². The highest BCUT2D eigenvalue weighted by Crippen LogP contribution is 1.94. The molecule has 0 aliphatic rings. The number of pyridine rings is 1. The van der Waals surface area contributed by atoms with E-state index in [0.717, 1.165) is 26.1 Å². The first-order valence-electron chi connectivity index (χ1n) is 6.58. The van der Waals surface area contributed by atoms with E-state index in [1.54, 1.807) is 10.6 Å². The molecule has 0 aliphatic carbocycles. The SMILES string of the molecule is CN(C)CCCNCCn1nc2ccccn2c1=O. The molecule has 0 fully saturated rings. The lowest BCUT2D eigenvalue weighted by Gasteiger charge is -2.09. The molecular weight excluding hydrogens is 242 g/mol. The summed E-state index contributed by atoms with van der Waals surface area (Å²) in [6.07, 6.45) is 2.85. The Labute approximate surface area is 112 Å². The molecule has 1 N–H and O–H groups in total. The van der Waals surface area contributed by atoms with Crippen LogP contribution >= 0.6 is 0 Å². The van der Waals surface area contributed by atoms with Gasteiger partial charge in [-0.05, 0) is 45.7 Å². The number of fused-ring (bicyclic) bond motifs is 1. The van der Waals surface area contributed by atoms with Crippen LogP contribution in [0.4, 0.5) is 0 Å². The fourth-order valence-corrected chi connectivity index (χ4v) is 1.94. The molecule has 0 radical (unpaired) electrons. The molecule has 0 spiro atoms. The fraction of sp³-hybridized carbons (Fsp3) is 0.538. The largest absolute Gasteiger partial charge is 0.350 e.